The molecule has 0 bridgehead atoms. The second-order valence-electron chi connectivity index (χ2n) is 9.23. The van der Waals surface area contributed by atoms with Crippen LogP contribution < -0.4 is 9.64 Å². The molecule has 1 aliphatic heterocycles. The van der Waals surface area contributed by atoms with Crippen LogP contribution in [0.4, 0.5) is 5.88 Å². The molecule has 1 saturated heterocycles. The molecule has 6 heteroatoms. The third kappa shape index (κ3) is 5.27. The quantitative estimate of drug-likeness (QED) is 0.342. The molecule has 36 heavy (non-hydrogen) atoms. The summed E-state index contributed by atoms with van der Waals surface area (Å²) in [5, 5.41) is 9.71. The van der Waals surface area contributed by atoms with E-state index in [9.17, 15) is 5.26 Å². The zero-order valence-corrected chi connectivity index (χ0v) is 20.7. The van der Waals surface area contributed by atoms with Crippen LogP contribution in [-0.2, 0) is 6.61 Å². The van der Waals surface area contributed by atoms with Crippen LogP contribution in [0.5, 0.6) is 5.75 Å². The van der Waals surface area contributed by atoms with Crippen molar-refractivity contribution in [2.45, 2.75) is 26.5 Å². The van der Waals surface area contributed by atoms with E-state index in [-0.39, 0.29) is 12.6 Å². The van der Waals surface area contributed by atoms with Gasteiger partial charge in [-0.05, 0) is 48.2 Å². The topological polar surface area (TPSA) is 65.5 Å². The summed E-state index contributed by atoms with van der Waals surface area (Å²) in [6, 6.07) is 29.7. The first-order chi connectivity index (χ1) is 17.6. The van der Waals surface area contributed by atoms with Gasteiger partial charge in [0.1, 0.15) is 11.8 Å². The number of hydrogen-bond donors (Lipinski definition) is 0. The number of piperazine rings is 1. The smallest absolute Gasteiger partial charge is 0.236 e. The third-order valence-corrected chi connectivity index (χ3v) is 6.51. The highest BCUT2D eigenvalue weighted by molar-refractivity contribution is 5.48. The van der Waals surface area contributed by atoms with Gasteiger partial charge in [-0.15, -0.1) is 0 Å². The minimum Gasteiger partial charge on any atom is -0.484 e. The molecule has 0 atom stereocenters. The molecule has 5 rings (SSSR count). The molecule has 0 N–H and O–H groups in total. The Bertz CT molecular complexity index is 1280. The van der Waals surface area contributed by atoms with Gasteiger partial charge >= 0.3 is 0 Å². The van der Waals surface area contributed by atoms with E-state index < -0.39 is 0 Å². The first-order valence-electron chi connectivity index (χ1n) is 12.3. The number of nitriles is 1. The molecule has 182 valence electrons. The average molecular weight is 479 g/mol. The molecule has 0 aliphatic carbocycles. The standard InChI is InChI=1S/C30H30N4O2/c1-22-17-23(2)19-26(18-22)35-21-28-32-27(20-31)30(36-28)34-15-13-33(14-16-34)29(24-9-5-3-6-10-24)25-11-7-4-8-12-25/h3-12,17-19,29H,13-16,21H2,1-2H3. The maximum atomic E-state index is 9.71. The minimum atomic E-state index is 0.182. The number of benzene rings is 3. The lowest BCUT2D eigenvalue weighted by Gasteiger charge is -2.39. The Morgan fingerprint density at radius 2 is 1.47 bits per heavy atom. The van der Waals surface area contributed by atoms with Crippen molar-refractivity contribution >= 4 is 5.88 Å². The Kier molecular flexibility index (Phi) is 7.01. The van der Waals surface area contributed by atoms with Crippen LogP contribution in [-0.4, -0.2) is 36.1 Å². The van der Waals surface area contributed by atoms with Crippen LogP contribution in [0.3, 0.4) is 0 Å². The summed E-state index contributed by atoms with van der Waals surface area (Å²) < 4.78 is 11.9. The molecule has 0 unspecified atom stereocenters. The molecule has 3 aromatic carbocycles. The van der Waals surface area contributed by atoms with Crippen molar-refractivity contribution in [3.05, 3.63) is 113 Å². The van der Waals surface area contributed by atoms with E-state index in [2.05, 4.69) is 87.6 Å². The molecule has 6 nitrogen and oxygen atoms in total. The van der Waals surface area contributed by atoms with Gasteiger partial charge in [0, 0.05) is 26.2 Å². The monoisotopic (exact) mass is 478 g/mol. The Morgan fingerprint density at radius 3 is 2.03 bits per heavy atom. The van der Waals surface area contributed by atoms with Crippen molar-refractivity contribution in [3.8, 4) is 11.8 Å². The second-order valence-corrected chi connectivity index (χ2v) is 9.23. The largest absolute Gasteiger partial charge is 0.484 e. The fourth-order valence-electron chi connectivity index (χ4n) is 4.93. The molecular weight excluding hydrogens is 448 g/mol. The maximum Gasteiger partial charge on any atom is 0.236 e. The summed E-state index contributed by atoms with van der Waals surface area (Å²) in [4.78, 5) is 9.02. The van der Waals surface area contributed by atoms with Crippen molar-refractivity contribution in [1.29, 1.82) is 5.26 Å². The van der Waals surface area contributed by atoms with E-state index in [1.165, 1.54) is 11.1 Å². The SMILES string of the molecule is Cc1cc(C)cc(OCc2nc(C#N)c(N3CCN(C(c4ccccc4)c4ccccc4)CC3)o2)c1. The molecular formula is C30H30N4O2. The predicted molar refractivity (Wildman–Crippen MR) is 140 cm³/mol. The molecule has 1 aliphatic rings. The van der Waals surface area contributed by atoms with Gasteiger partial charge in [0.05, 0.1) is 6.04 Å². The van der Waals surface area contributed by atoms with Crippen LogP contribution in [0, 0.1) is 25.2 Å². The number of nitrogens with zero attached hydrogens (tertiary/aromatic N) is 4. The van der Waals surface area contributed by atoms with Crippen molar-refractivity contribution in [2.75, 3.05) is 31.1 Å². The number of ether oxygens (including phenoxy) is 1. The van der Waals surface area contributed by atoms with E-state index in [1.54, 1.807) is 0 Å². The fourth-order valence-corrected chi connectivity index (χ4v) is 4.93. The van der Waals surface area contributed by atoms with Crippen molar-refractivity contribution in [3.63, 3.8) is 0 Å². The van der Waals surface area contributed by atoms with Gasteiger partial charge < -0.3 is 14.1 Å². The van der Waals surface area contributed by atoms with E-state index in [4.69, 9.17) is 9.15 Å². The summed E-state index contributed by atoms with van der Waals surface area (Å²) in [6.07, 6.45) is 0. The second kappa shape index (κ2) is 10.7. The molecule has 0 spiro atoms. The van der Waals surface area contributed by atoms with E-state index in [0.717, 1.165) is 43.1 Å². The molecule has 1 aromatic heterocycles. The molecule has 2 heterocycles. The van der Waals surface area contributed by atoms with Gasteiger partial charge in [-0.2, -0.15) is 10.2 Å². The summed E-state index contributed by atoms with van der Waals surface area (Å²) in [5.41, 5.74) is 5.14. The molecule has 4 aromatic rings. The van der Waals surface area contributed by atoms with Gasteiger partial charge in [0.15, 0.2) is 6.61 Å². The highest BCUT2D eigenvalue weighted by Crippen LogP contribution is 2.31. The predicted octanol–water partition coefficient (Wildman–Crippen LogP) is 5.65. The van der Waals surface area contributed by atoms with Gasteiger partial charge in [0.25, 0.3) is 0 Å². The summed E-state index contributed by atoms with van der Waals surface area (Å²) in [7, 11) is 0. The molecule has 0 radical (unpaired) electrons. The van der Waals surface area contributed by atoms with Crippen molar-refractivity contribution in [2.24, 2.45) is 0 Å². The number of rotatable bonds is 7. The van der Waals surface area contributed by atoms with Gasteiger partial charge in [-0.3, -0.25) is 4.90 Å². The molecule has 0 saturated carbocycles. The number of oxazole rings is 1. The normalized spacial score (nSPS) is 14.1. The van der Waals surface area contributed by atoms with Gasteiger partial charge in [0.2, 0.25) is 17.5 Å². The van der Waals surface area contributed by atoms with Crippen LogP contribution in [0.1, 0.15) is 39.9 Å². The lowest BCUT2D eigenvalue weighted by Crippen LogP contribution is -2.48. The first-order valence-corrected chi connectivity index (χ1v) is 12.3. The van der Waals surface area contributed by atoms with E-state index >= 15 is 0 Å². The Balaban J connectivity index is 1.29. The van der Waals surface area contributed by atoms with Crippen LogP contribution >= 0.6 is 0 Å². The molecule has 1 fully saturated rings. The van der Waals surface area contributed by atoms with Crippen LogP contribution in [0.15, 0.2) is 83.3 Å². The lowest BCUT2D eigenvalue weighted by molar-refractivity contribution is 0.208. The van der Waals surface area contributed by atoms with Crippen molar-refractivity contribution < 1.29 is 9.15 Å². The highest BCUT2D eigenvalue weighted by atomic mass is 16.5. The van der Waals surface area contributed by atoms with E-state index in [0.29, 0.717) is 17.5 Å². The number of aryl methyl sites for hydroxylation is 2. The van der Waals surface area contributed by atoms with Gasteiger partial charge in [-0.1, -0.05) is 66.7 Å². The number of aromatic nitrogens is 1. The van der Waals surface area contributed by atoms with Crippen molar-refractivity contribution in [1.82, 2.24) is 9.88 Å². The van der Waals surface area contributed by atoms with Crippen LogP contribution in [0.25, 0.3) is 0 Å². The highest BCUT2D eigenvalue weighted by Gasteiger charge is 2.29. The molecule has 0 amide bonds. The summed E-state index contributed by atoms with van der Waals surface area (Å²) in [5.74, 6) is 1.72. The average Bonchev–Trinajstić information content (AvgIpc) is 3.32. The summed E-state index contributed by atoms with van der Waals surface area (Å²) in [6.45, 7) is 7.44. The number of hydrogen-bond acceptors (Lipinski definition) is 6. The number of anilines is 1. The van der Waals surface area contributed by atoms with E-state index in [1.807, 2.05) is 26.0 Å². The Labute approximate surface area is 212 Å². The van der Waals surface area contributed by atoms with Gasteiger partial charge in [-0.25, -0.2) is 0 Å². The third-order valence-electron chi connectivity index (χ3n) is 6.51. The fraction of sp³-hybridized carbons (Fsp3) is 0.267. The minimum absolute atomic E-state index is 0.182. The first kappa shape index (κ1) is 23.7. The zero-order valence-electron chi connectivity index (χ0n) is 20.7. The zero-order chi connectivity index (χ0) is 24.9. The Morgan fingerprint density at radius 1 is 0.889 bits per heavy atom. The maximum absolute atomic E-state index is 9.71. The van der Waals surface area contributed by atoms with Crippen LogP contribution in [0.2, 0.25) is 0 Å². The lowest BCUT2D eigenvalue weighted by atomic mass is 9.96. The summed E-state index contributed by atoms with van der Waals surface area (Å²) >= 11 is 0. The Hall–Kier alpha value is -4.08.